The van der Waals surface area contributed by atoms with Crippen LogP contribution in [-0.4, -0.2) is 61.7 Å². The topological polar surface area (TPSA) is 130 Å². The number of amides is 2. The van der Waals surface area contributed by atoms with Gasteiger partial charge in [-0.25, -0.2) is 14.8 Å². The van der Waals surface area contributed by atoms with Crippen LogP contribution in [0.25, 0.3) is 44.8 Å². The minimum absolute atomic E-state index is 0.00856. The quantitative estimate of drug-likeness (QED) is 0.265. The number of nitrogens with one attached hydrogen (secondary N) is 1. The molecule has 11 heteroatoms. The number of likely N-dealkylation sites (tertiary alicyclic amines) is 1. The number of methoxy groups -OCH3 is 1. The predicted octanol–water partition coefficient (Wildman–Crippen LogP) is 5.30. The number of anilines is 1. The molecule has 2 bridgehead atoms. The zero-order valence-electron chi connectivity index (χ0n) is 25.8. The third-order valence-electron chi connectivity index (χ3n) is 10.4. The van der Waals surface area contributed by atoms with Gasteiger partial charge < -0.3 is 29.2 Å². The Morgan fingerprint density at radius 1 is 1.09 bits per heavy atom. The first kappa shape index (κ1) is 27.4. The minimum Gasteiger partial charge on any atom is -0.494 e. The smallest absolute Gasteiger partial charge is 0.411 e. The number of hydrogen-bond donors (Lipinski definition) is 2. The lowest BCUT2D eigenvalue weighted by atomic mass is 10.0. The number of aryl methyl sites for hydroxylation is 1. The van der Waals surface area contributed by atoms with Crippen molar-refractivity contribution >= 4 is 39.8 Å². The second kappa shape index (κ2) is 10.1. The summed E-state index contributed by atoms with van der Waals surface area (Å²) in [4.78, 5) is 37.6. The Bertz CT molecular complexity index is 2090. The van der Waals surface area contributed by atoms with E-state index < -0.39 is 6.09 Å². The molecule has 3 atom stereocenters. The Morgan fingerprint density at radius 3 is 2.72 bits per heavy atom. The minimum atomic E-state index is -0.434. The molecule has 5 aromatic rings. The molecule has 3 N–H and O–H groups in total. The van der Waals surface area contributed by atoms with Crippen LogP contribution in [0, 0.1) is 11.8 Å². The lowest BCUT2D eigenvalue weighted by Crippen LogP contribution is -2.41. The van der Waals surface area contributed by atoms with E-state index in [1.807, 2.05) is 48.3 Å². The molecule has 2 aliphatic heterocycles. The molecule has 3 fully saturated rings. The summed E-state index contributed by atoms with van der Waals surface area (Å²) in [6.07, 6.45) is 4.01. The number of pyridine rings is 1. The first-order valence-corrected chi connectivity index (χ1v) is 16.0. The van der Waals surface area contributed by atoms with Gasteiger partial charge in [0.25, 0.3) is 5.91 Å². The molecular weight excluding hydrogens is 582 g/mol. The number of ether oxygens (including phenoxy) is 2. The number of benzene rings is 2. The summed E-state index contributed by atoms with van der Waals surface area (Å²) < 4.78 is 15.4. The highest BCUT2D eigenvalue weighted by Gasteiger charge is 2.47. The Kier molecular flexibility index (Phi) is 5.99. The zero-order chi connectivity index (χ0) is 31.3. The van der Waals surface area contributed by atoms with E-state index >= 15 is 0 Å². The van der Waals surface area contributed by atoms with Crippen molar-refractivity contribution in [3.05, 3.63) is 59.7 Å². The number of carbonyl (C=O) groups is 2. The fourth-order valence-corrected chi connectivity index (χ4v) is 7.77. The maximum Gasteiger partial charge on any atom is 0.411 e. The molecule has 1 saturated heterocycles. The van der Waals surface area contributed by atoms with Crippen LogP contribution in [0.1, 0.15) is 41.6 Å². The van der Waals surface area contributed by atoms with Gasteiger partial charge in [0.2, 0.25) is 0 Å². The van der Waals surface area contributed by atoms with E-state index in [1.165, 1.54) is 12.8 Å². The molecule has 2 saturated carbocycles. The van der Waals surface area contributed by atoms with Crippen LogP contribution in [-0.2, 0) is 24.9 Å². The summed E-state index contributed by atoms with van der Waals surface area (Å²) in [6, 6.07) is 16.1. The Hall–Kier alpha value is -4.90. The van der Waals surface area contributed by atoms with Gasteiger partial charge in [0.05, 0.1) is 29.7 Å². The maximum atomic E-state index is 13.7. The normalized spacial score (nSPS) is 21.9. The van der Waals surface area contributed by atoms with E-state index in [9.17, 15) is 9.59 Å². The van der Waals surface area contributed by atoms with Crippen LogP contribution in [0.2, 0.25) is 0 Å². The average Bonchev–Trinajstić information content (AvgIpc) is 3.47. The fraction of sp³-hybridized carbons (Fsp3) is 0.371. The predicted molar refractivity (Wildman–Crippen MR) is 173 cm³/mol. The monoisotopic (exact) mass is 617 g/mol. The maximum absolute atomic E-state index is 13.7. The molecule has 11 nitrogen and oxygen atoms in total. The van der Waals surface area contributed by atoms with E-state index in [0.717, 1.165) is 70.0 Å². The van der Waals surface area contributed by atoms with Gasteiger partial charge in [0.15, 0.2) is 5.82 Å². The summed E-state index contributed by atoms with van der Waals surface area (Å²) in [6.45, 7) is 1.79. The Labute approximate surface area is 265 Å². The van der Waals surface area contributed by atoms with Crippen molar-refractivity contribution in [2.24, 2.45) is 24.6 Å². The van der Waals surface area contributed by atoms with E-state index in [1.54, 1.807) is 7.11 Å². The molecule has 46 heavy (non-hydrogen) atoms. The Balaban J connectivity index is 1.13. The first-order chi connectivity index (χ1) is 22.4. The van der Waals surface area contributed by atoms with Gasteiger partial charge in [-0.1, -0.05) is 6.07 Å². The lowest BCUT2D eigenvalue weighted by molar-refractivity contribution is 0.0700. The number of cyclic esters (lactones) is 1. The number of imidazole rings is 1. The van der Waals surface area contributed by atoms with Gasteiger partial charge >= 0.3 is 6.09 Å². The Morgan fingerprint density at radius 2 is 1.96 bits per heavy atom. The van der Waals surface area contributed by atoms with Crippen molar-refractivity contribution in [1.82, 2.24) is 24.0 Å². The summed E-state index contributed by atoms with van der Waals surface area (Å²) in [5, 5.41) is 3.78. The molecular formula is C35H35N7O4. The molecule has 3 aromatic heterocycles. The zero-order valence-corrected chi connectivity index (χ0v) is 25.8. The molecule has 2 amide bonds. The molecule has 234 valence electrons. The number of nitrogens with two attached hydrogens (primary N) is 1. The summed E-state index contributed by atoms with van der Waals surface area (Å²) >= 11 is 0. The molecule has 2 unspecified atom stereocenters. The first-order valence-electron chi connectivity index (χ1n) is 16.0. The highest BCUT2D eigenvalue weighted by molar-refractivity contribution is 6.00. The SMILES string of the molecule is COc1cc(C(=O)N2CC3CCC2[C@@H]3N)cc2nc(-c3cc4ccc(-c5ccc6c(c5)COC(=O)N6)nc4n3CC3CC3)n(C)c12. The van der Waals surface area contributed by atoms with Gasteiger partial charge in [-0.05, 0) is 80.0 Å². The summed E-state index contributed by atoms with van der Waals surface area (Å²) in [5.41, 5.74) is 13.9. The largest absolute Gasteiger partial charge is 0.494 e. The number of rotatable bonds is 6. The van der Waals surface area contributed by atoms with E-state index in [2.05, 4.69) is 26.6 Å². The van der Waals surface area contributed by atoms with Gasteiger partial charge in [-0.15, -0.1) is 0 Å². The van der Waals surface area contributed by atoms with Crippen molar-refractivity contribution in [1.29, 1.82) is 0 Å². The third-order valence-corrected chi connectivity index (χ3v) is 10.4. The number of nitrogens with zero attached hydrogens (tertiary/aromatic N) is 5. The summed E-state index contributed by atoms with van der Waals surface area (Å²) in [5.74, 6) is 2.38. The fourth-order valence-electron chi connectivity index (χ4n) is 7.77. The number of hydrogen-bond acceptors (Lipinski definition) is 7. The van der Waals surface area contributed by atoms with Crippen LogP contribution >= 0.6 is 0 Å². The second-order valence-corrected chi connectivity index (χ2v) is 13.2. The number of carbonyl (C=O) groups excluding carboxylic acids is 2. The number of piperidine rings is 1. The van der Waals surface area contributed by atoms with Crippen molar-refractivity contribution < 1.29 is 19.1 Å². The van der Waals surface area contributed by atoms with E-state index in [0.29, 0.717) is 35.2 Å². The van der Waals surface area contributed by atoms with Crippen molar-refractivity contribution in [3.63, 3.8) is 0 Å². The van der Waals surface area contributed by atoms with Gasteiger partial charge in [0, 0.05) is 54.3 Å². The van der Waals surface area contributed by atoms with E-state index in [-0.39, 0.29) is 24.6 Å². The van der Waals surface area contributed by atoms with E-state index in [4.69, 9.17) is 25.2 Å². The van der Waals surface area contributed by atoms with Crippen molar-refractivity contribution in [3.8, 4) is 28.5 Å². The van der Waals surface area contributed by atoms with Gasteiger partial charge in [-0.2, -0.15) is 0 Å². The van der Waals surface area contributed by atoms with Crippen LogP contribution in [0.3, 0.4) is 0 Å². The second-order valence-electron chi connectivity index (χ2n) is 13.2. The van der Waals surface area contributed by atoms with Crippen molar-refractivity contribution in [2.45, 2.75) is 50.9 Å². The molecule has 0 spiro atoms. The van der Waals surface area contributed by atoms with Crippen LogP contribution in [0.4, 0.5) is 10.5 Å². The number of aromatic nitrogens is 4. The van der Waals surface area contributed by atoms with Crippen LogP contribution < -0.4 is 15.8 Å². The van der Waals surface area contributed by atoms with Crippen LogP contribution in [0.15, 0.2) is 48.5 Å². The summed E-state index contributed by atoms with van der Waals surface area (Å²) in [7, 11) is 3.64. The molecule has 0 radical (unpaired) electrons. The molecule has 2 aromatic carbocycles. The number of fused-ring (bicyclic) bond motifs is 5. The average molecular weight is 618 g/mol. The highest BCUT2D eigenvalue weighted by Crippen LogP contribution is 2.40. The lowest BCUT2D eigenvalue weighted by Gasteiger charge is -2.27. The third kappa shape index (κ3) is 4.21. The molecule has 9 rings (SSSR count). The van der Waals surface area contributed by atoms with Crippen molar-refractivity contribution in [2.75, 3.05) is 19.0 Å². The van der Waals surface area contributed by atoms with Crippen LogP contribution in [0.5, 0.6) is 5.75 Å². The highest BCUT2D eigenvalue weighted by atomic mass is 16.5. The van der Waals surface area contributed by atoms with Gasteiger partial charge in [-0.3, -0.25) is 10.1 Å². The standard InChI is InChI=1S/C35H35N7O4/c1-40-31-26(12-22(14-29(31)45-2)34(43)42-16-21-7-10-27(42)30(21)36)38-33(40)28-13-20-6-9-24(37-32(20)41(28)15-18-3-4-18)19-5-8-25-23(11-19)17-46-35(44)39-25/h5-6,8-9,11-14,18,21,27,30H,3-4,7,10,15-17,36H2,1-2H3,(H,39,44)/t21?,27?,30-/m1/s1. The molecule has 5 heterocycles. The molecule has 2 aliphatic carbocycles. The van der Waals surface area contributed by atoms with Gasteiger partial charge in [0.1, 0.15) is 23.5 Å². The molecule has 4 aliphatic rings.